The molecule has 2 aromatic rings. The molecule has 6 heteroatoms. The number of aromatic nitrogens is 1. The Kier molecular flexibility index (Phi) is 3.81. The van der Waals surface area contributed by atoms with Gasteiger partial charge in [0.05, 0.1) is 5.71 Å². The van der Waals surface area contributed by atoms with Crippen molar-refractivity contribution in [3.8, 4) is 0 Å². The molecular formula is C16H14ClN3O2. The average molecular weight is 316 g/mol. The largest absolute Gasteiger partial charge is 0.379 e. The van der Waals surface area contributed by atoms with Crippen molar-refractivity contribution in [2.24, 2.45) is 5.16 Å². The van der Waals surface area contributed by atoms with Crippen molar-refractivity contribution in [3.05, 3.63) is 59.4 Å². The second-order valence-corrected chi connectivity index (χ2v) is 5.61. The average Bonchev–Trinajstić information content (AvgIpc) is 2.92. The lowest BCUT2D eigenvalue weighted by Crippen LogP contribution is -2.40. The summed E-state index contributed by atoms with van der Waals surface area (Å²) < 4.78 is 0. The highest BCUT2D eigenvalue weighted by molar-refractivity contribution is 6.34. The number of hydrogen-bond acceptors (Lipinski definition) is 4. The Balaban J connectivity index is 1.74. The molecule has 3 rings (SSSR count). The van der Waals surface area contributed by atoms with Crippen molar-refractivity contribution in [1.29, 1.82) is 0 Å². The number of rotatable bonds is 3. The van der Waals surface area contributed by atoms with Crippen LogP contribution in [0.3, 0.4) is 0 Å². The van der Waals surface area contributed by atoms with Crippen LogP contribution in [0.2, 0.25) is 5.02 Å². The lowest BCUT2D eigenvalue weighted by molar-refractivity contribution is -0.135. The zero-order valence-corrected chi connectivity index (χ0v) is 12.7. The number of hydrogen-bond donors (Lipinski definition) is 1. The van der Waals surface area contributed by atoms with Crippen molar-refractivity contribution in [2.45, 2.75) is 18.9 Å². The van der Waals surface area contributed by atoms with Crippen LogP contribution in [0, 0.1) is 0 Å². The number of anilines is 1. The number of benzene rings is 1. The van der Waals surface area contributed by atoms with Crippen LogP contribution in [-0.2, 0) is 9.63 Å². The van der Waals surface area contributed by atoms with E-state index in [0.29, 0.717) is 22.8 Å². The van der Waals surface area contributed by atoms with Crippen molar-refractivity contribution < 1.29 is 9.63 Å². The lowest BCUT2D eigenvalue weighted by Gasteiger charge is -2.20. The number of carbonyl (C=O) groups is 1. The highest BCUT2D eigenvalue weighted by atomic mass is 35.5. The van der Waals surface area contributed by atoms with E-state index in [1.54, 1.807) is 37.5 Å². The van der Waals surface area contributed by atoms with Crippen LogP contribution in [0.25, 0.3) is 0 Å². The molecule has 0 saturated carbocycles. The highest BCUT2D eigenvalue weighted by Crippen LogP contribution is 2.30. The Morgan fingerprint density at radius 1 is 1.27 bits per heavy atom. The van der Waals surface area contributed by atoms with Crippen LogP contribution in [0.15, 0.2) is 53.9 Å². The molecule has 5 nitrogen and oxygen atoms in total. The number of halogens is 1. The van der Waals surface area contributed by atoms with Crippen LogP contribution >= 0.6 is 11.6 Å². The predicted octanol–water partition coefficient (Wildman–Crippen LogP) is 3.26. The second kappa shape index (κ2) is 5.77. The van der Waals surface area contributed by atoms with Gasteiger partial charge >= 0.3 is 0 Å². The van der Waals surface area contributed by atoms with E-state index in [1.807, 2.05) is 18.2 Å². The fourth-order valence-electron chi connectivity index (χ4n) is 2.20. The predicted molar refractivity (Wildman–Crippen MR) is 85.0 cm³/mol. The monoisotopic (exact) mass is 315 g/mol. The highest BCUT2D eigenvalue weighted by Gasteiger charge is 2.42. The molecule has 0 spiro atoms. The van der Waals surface area contributed by atoms with Gasteiger partial charge in [-0.1, -0.05) is 35.0 Å². The van der Waals surface area contributed by atoms with Crippen molar-refractivity contribution >= 4 is 28.9 Å². The van der Waals surface area contributed by atoms with Crippen LogP contribution in [0.1, 0.15) is 18.9 Å². The Morgan fingerprint density at radius 2 is 2.00 bits per heavy atom. The first-order valence-corrected chi connectivity index (χ1v) is 7.18. The minimum atomic E-state index is -1.06. The zero-order valence-electron chi connectivity index (χ0n) is 11.9. The summed E-state index contributed by atoms with van der Waals surface area (Å²) in [6, 6.07) is 10.8. The Hall–Kier alpha value is -2.40. The maximum absolute atomic E-state index is 12.4. The van der Waals surface area contributed by atoms with Gasteiger partial charge < -0.3 is 10.2 Å². The Bertz CT molecular complexity index is 733. The fraction of sp³-hybridized carbons (Fsp3) is 0.188. The molecule has 2 heterocycles. The van der Waals surface area contributed by atoms with Crippen LogP contribution in [0.4, 0.5) is 5.69 Å². The van der Waals surface area contributed by atoms with E-state index in [4.69, 9.17) is 16.4 Å². The van der Waals surface area contributed by atoms with Gasteiger partial charge in [0.1, 0.15) is 0 Å². The van der Waals surface area contributed by atoms with Gasteiger partial charge in [-0.05, 0) is 25.1 Å². The number of carbonyl (C=O) groups excluding carboxylic acids is 1. The molecule has 22 heavy (non-hydrogen) atoms. The minimum Gasteiger partial charge on any atom is -0.379 e. The maximum Gasteiger partial charge on any atom is 0.271 e. The van der Waals surface area contributed by atoms with Gasteiger partial charge in [0, 0.05) is 35.1 Å². The lowest BCUT2D eigenvalue weighted by atomic mass is 9.95. The van der Waals surface area contributed by atoms with Crippen molar-refractivity contribution in [3.63, 3.8) is 0 Å². The third-order valence-corrected chi connectivity index (χ3v) is 3.79. The van der Waals surface area contributed by atoms with Crippen molar-refractivity contribution in [1.82, 2.24) is 4.98 Å². The summed E-state index contributed by atoms with van der Waals surface area (Å²) in [4.78, 5) is 21.7. The molecule has 0 bridgehead atoms. The van der Waals surface area contributed by atoms with Gasteiger partial charge in [-0.15, -0.1) is 0 Å². The first kappa shape index (κ1) is 14.5. The number of nitrogens with zero attached hydrogens (tertiary/aromatic N) is 2. The van der Waals surface area contributed by atoms with E-state index in [1.165, 1.54) is 0 Å². The number of amides is 1. The molecule has 0 aliphatic carbocycles. The standard InChI is InChI=1S/C16H14ClN3O2/c1-16(15(21)19-11-6-8-18-9-7-11)10-14(20-22-16)12-4-2-3-5-13(12)17/h2-9H,10H2,1H3,(H,18,19,21)/t16-/m0/s1. The van der Waals surface area contributed by atoms with Gasteiger partial charge in [-0.2, -0.15) is 0 Å². The van der Waals surface area contributed by atoms with Gasteiger partial charge in [-0.3, -0.25) is 9.78 Å². The molecule has 0 radical (unpaired) electrons. The van der Waals surface area contributed by atoms with Gasteiger partial charge in [-0.25, -0.2) is 0 Å². The normalized spacial score (nSPS) is 20.2. The Morgan fingerprint density at radius 3 is 2.73 bits per heavy atom. The van der Waals surface area contributed by atoms with Crippen LogP contribution < -0.4 is 5.32 Å². The smallest absolute Gasteiger partial charge is 0.271 e. The quantitative estimate of drug-likeness (QED) is 0.945. The van der Waals surface area contributed by atoms with Gasteiger partial charge in [0.15, 0.2) is 0 Å². The number of oxime groups is 1. The molecule has 1 N–H and O–H groups in total. The molecule has 1 aromatic heterocycles. The topological polar surface area (TPSA) is 63.6 Å². The molecule has 0 fully saturated rings. The van der Waals surface area contributed by atoms with Crippen molar-refractivity contribution in [2.75, 3.05) is 5.32 Å². The second-order valence-electron chi connectivity index (χ2n) is 5.21. The SMILES string of the molecule is C[C@@]1(C(=O)Nc2ccncc2)CC(c2ccccc2Cl)=NO1. The summed E-state index contributed by atoms with van der Waals surface area (Å²) in [6.07, 6.45) is 3.58. The third-order valence-electron chi connectivity index (χ3n) is 3.47. The molecule has 1 atom stereocenters. The fourth-order valence-corrected chi connectivity index (χ4v) is 2.44. The van der Waals surface area contributed by atoms with E-state index < -0.39 is 5.60 Å². The minimum absolute atomic E-state index is 0.260. The molecule has 0 saturated heterocycles. The van der Waals surface area contributed by atoms with E-state index in [2.05, 4.69) is 15.5 Å². The number of pyridine rings is 1. The summed E-state index contributed by atoms with van der Waals surface area (Å²) in [5.74, 6) is -0.260. The summed E-state index contributed by atoms with van der Waals surface area (Å²) in [6.45, 7) is 1.71. The molecule has 1 aliphatic heterocycles. The van der Waals surface area contributed by atoms with E-state index >= 15 is 0 Å². The van der Waals surface area contributed by atoms with E-state index in [9.17, 15) is 4.79 Å². The molecule has 0 unspecified atom stereocenters. The van der Waals surface area contributed by atoms with Gasteiger partial charge in [0.2, 0.25) is 5.60 Å². The molecule has 112 valence electrons. The van der Waals surface area contributed by atoms with Gasteiger partial charge in [0.25, 0.3) is 5.91 Å². The molecular weight excluding hydrogens is 302 g/mol. The summed E-state index contributed by atoms with van der Waals surface area (Å²) in [7, 11) is 0. The maximum atomic E-state index is 12.4. The molecule has 1 amide bonds. The summed E-state index contributed by atoms with van der Waals surface area (Å²) in [5, 5.41) is 7.43. The summed E-state index contributed by atoms with van der Waals surface area (Å²) >= 11 is 6.16. The summed E-state index contributed by atoms with van der Waals surface area (Å²) in [5.41, 5.74) is 1.05. The third kappa shape index (κ3) is 2.80. The van der Waals surface area contributed by atoms with E-state index in [0.717, 1.165) is 5.56 Å². The van der Waals surface area contributed by atoms with E-state index in [-0.39, 0.29) is 5.91 Å². The Labute approximate surface area is 133 Å². The number of nitrogens with one attached hydrogen (secondary N) is 1. The molecule has 1 aromatic carbocycles. The molecule has 1 aliphatic rings. The van der Waals surface area contributed by atoms with Crippen LogP contribution in [0.5, 0.6) is 0 Å². The van der Waals surface area contributed by atoms with Crippen LogP contribution in [-0.4, -0.2) is 22.2 Å². The zero-order chi connectivity index (χ0) is 15.6. The first-order chi connectivity index (χ1) is 10.6. The first-order valence-electron chi connectivity index (χ1n) is 6.80.